The zero-order valence-corrected chi connectivity index (χ0v) is 15.6. The molecule has 4 atom stereocenters. The number of fused-ring (bicyclic) bond motifs is 1. The summed E-state index contributed by atoms with van der Waals surface area (Å²) in [7, 11) is 0. The summed E-state index contributed by atoms with van der Waals surface area (Å²) in [4.78, 5) is 0. The summed E-state index contributed by atoms with van der Waals surface area (Å²) in [6.07, 6.45) is 24.2. The molecule has 0 aromatic carbocycles. The molecule has 0 aromatic heterocycles. The largest absolute Gasteiger partial charge is 0.0654 e. The van der Waals surface area contributed by atoms with E-state index in [1.807, 2.05) is 0 Å². The smallest absolute Gasteiger partial charge is 0.0383 e. The first-order valence-corrected chi connectivity index (χ1v) is 10.8. The van der Waals surface area contributed by atoms with E-state index < -0.39 is 0 Å². The van der Waals surface area contributed by atoms with Crippen molar-refractivity contribution in [2.75, 3.05) is 0 Å². The third-order valence-electron chi connectivity index (χ3n) is 6.76. The monoisotopic (exact) mass is 306 g/mol. The fourth-order valence-electron chi connectivity index (χ4n) is 5.33. The van der Waals surface area contributed by atoms with Crippen molar-refractivity contribution >= 4 is 0 Å². The highest BCUT2D eigenvalue weighted by molar-refractivity contribution is 4.86. The molecule has 22 heavy (non-hydrogen) atoms. The van der Waals surface area contributed by atoms with Crippen molar-refractivity contribution in [1.82, 2.24) is 0 Å². The van der Waals surface area contributed by atoms with Gasteiger partial charge < -0.3 is 0 Å². The van der Waals surface area contributed by atoms with Gasteiger partial charge in [-0.1, -0.05) is 90.9 Å². The lowest BCUT2D eigenvalue weighted by atomic mass is 9.63. The van der Waals surface area contributed by atoms with Gasteiger partial charge in [0.25, 0.3) is 0 Å². The predicted octanol–water partition coefficient (Wildman–Crippen LogP) is 7.76. The average Bonchev–Trinajstić information content (AvgIpc) is 2.55. The van der Waals surface area contributed by atoms with E-state index >= 15 is 0 Å². The van der Waals surface area contributed by atoms with Crippen LogP contribution in [0.2, 0.25) is 0 Å². The Morgan fingerprint density at radius 1 is 0.545 bits per heavy atom. The van der Waals surface area contributed by atoms with Crippen LogP contribution in [-0.2, 0) is 0 Å². The predicted molar refractivity (Wildman–Crippen MR) is 99.2 cm³/mol. The summed E-state index contributed by atoms with van der Waals surface area (Å²) in [5, 5.41) is 0. The lowest BCUT2D eigenvalue weighted by molar-refractivity contribution is 0.0904. The Morgan fingerprint density at radius 2 is 1.00 bits per heavy atom. The first-order chi connectivity index (χ1) is 10.8. The third-order valence-corrected chi connectivity index (χ3v) is 6.76. The number of rotatable bonds is 10. The minimum Gasteiger partial charge on any atom is -0.0654 e. The van der Waals surface area contributed by atoms with Gasteiger partial charge in [0.15, 0.2) is 0 Å². The Labute approximate surface area is 140 Å². The van der Waals surface area contributed by atoms with Crippen molar-refractivity contribution in [1.29, 1.82) is 0 Å². The van der Waals surface area contributed by atoms with Crippen LogP contribution < -0.4 is 0 Å². The van der Waals surface area contributed by atoms with Crippen LogP contribution in [0.5, 0.6) is 0 Å². The molecule has 0 spiro atoms. The maximum Gasteiger partial charge on any atom is -0.0383 e. The topological polar surface area (TPSA) is 0 Å². The van der Waals surface area contributed by atoms with Crippen molar-refractivity contribution in [3.63, 3.8) is 0 Å². The van der Waals surface area contributed by atoms with E-state index in [0.29, 0.717) is 0 Å². The van der Waals surface area contributed by atoms with Gasteiger partial charge in [0, 0.05) is 0 Å². The molecule has 2 rings (SSSR count). The van der Waals surface area contributed by atoms with Crippen molar-refractivity contribution in [3.05, 3.63) is 0 Å². The Morgan fingerprint density at radius 3 is 1.55 bits per heavy atom. The second kappa shape index (κ2) is 10.7. The van der Waals surface area contributed by atoms with E-state index in [9.17, 15) is 0 Å². The fraction of sp³-hybridized carbons (Fsp3) is 1.00. The minimum atomic E-state index is 1.10. The molecule has 0 bridgehead atoms. The Hall–Kier alpha value is 0. The van der Waals surface area contributed by atoms with Gasteiger partial charge in [0.2, 0.25) is 0 Å². The van der Waals surface area contributed by atoms with Gasteiger partial charge in [-0.25, -0.2) is 0 Å². The van der Waals surface area contributed by atoms with Crippen LogP contribution >= 0.6 is 0 Å². The van der Waals surface area contributed by atoms with E-state index in [2.05, 4.69) is 13.8 Å². The highest BCUT2D eigenvalue weighted by Gasteiger charge is 2.34. The average molecular weight is 307 g/mol. The molecule has 2 aliphatic carbocycles. The first kappa shape index (κ1) is 18.3. The molecule has 2 aliphatic rings. The van der Waals surface area contributed by atoms with Gasteiger partial charge in [0.1, 0.15) is 0 Å². The van der Waals surface area contributed by atoms with Crippen LogP contribution in [0, 0.1) is 23.7 Å². The summed E-state index contributed by atoms with van der Waals surface area (Å²) >= 11 is 0. The van der Waals surface area contributed by atoms with Crippen molar-refractivity contribution in [3.8, 4) is 0 Å². The fourth-order valence-corrected chi connectivity index (χ4v) is 5.33. The Kier molecular flexibility index (Phi) is 8.93. The zero-order chi connectivity index (χ0) is 15.6. The maximum atomic E-state index is 2.33. The lowest BCUT2D eigenvalue weighted by Crippen LogP contribution is -2.31. The van der Waals surface area contributed by atoms with Gasteiger partial charge in [-0.2, -0.15) is 0 Å². The molecule has 0 radical (unpaired) electrons. The molecule has 0 nitrogen and oxygen atoms in total. The first-order valence-electron chi connectivity index (χ1n) is 10.8. The van der Waals surface area contributed by atoms with E-state index in [4.69, 9.17) is 0 Å². The third kappa shape index (κ3) is 6.25. The van der Waals surface area contributed by atoms with Gasteiger partial charge in [0.05, 0.1) is 0 Å². The van der Waals surface area contributed by atoms with Gasteiger partial charge in [-0.15, -0.1) is 0 Å². The molecule has 0 amide bonds. The molecule has 0 heteroatoms. The van der Waals surface area contributed by atoms with Gasteiger partial charge in [-0.05, 0) is 49.4 Å². The molecule has 2 saturated carbocycles. The molecule has 0 heterocycles. The Bertz CT molecular complexity index is 269. The molecule has 2 fully saturated rings. The molecular formula is C22H42. The number of hydrogen-bond donors (Lipinski definition) is 0. The highest BCUT2D eigenvalue weighted by atomic mass is 14.4. The molecular weight excluding hydrogens is 264 g/mol. The van der Waals surface area contributed by atoms with Gasteiger partial charge in [-0.3, -0.25) is 0 Å². The summed E-state index contributed by atoms with van der Waals surface area (Å²) in [6, 6.07) is 0. The van der Waals surface area contributed by atoms with Gasteiger partial charge >= 0.3 is 0 Å². The van der Waals surface area contributed by atoms with E-state index in [1.54, 1.807) is 44.9 Å². The van der Waals surface area contributed by atoms with E-state index in [1.165, 1.54) is 57.8 Å². The summed E-state index contributed by atoms with van der Waals surface area (Å²) in [5.74, 6) is 4.44. The normalized spacial score (nSPS) is 31.9. The van der Waals surface area contributed by atoms with Crippen molar-refractivity contribution in [2.45, 2.75) is 117 Å². The van der Waals surface area contributed by atoms with Crippen LogP contribution in [0.4, 0.5) is 0 Å². The minimum absolute atomic E-state index is 1.10. The molecule has 4 unspecified atom stereocenters. The number of hydrogen-bond acceptors (Lipinski definition) is 0. The molecule has 0 aliphatic heterocycles. The second-order valence-corrected chi connectivity index (χ2v) is 8.58. The van der Waals surface area contributed by atoms with Crippen LogP contribution in [0.25, 0.3) is 0 Å². The van der Waals surface area contributed by atoms with Crippen molar-refractivity contribution in [2.24, 2.45) is 23.7 Å². The maximum absolute atomic E-state index is 2.33. The quantitative estimate of drug-likeness (QED) is 0.362. The van der Waals surface area contributed by atoms with Crippen LogP contribution in [0.3, 0.4) is 0 Å². The molecule has 0 aromatic rings. The zero-order valence-electron chi connectivity index (χ0n) is 15.6. The molecule has 0 saturated heterocycles. The summed E-state index contributed by atoms with van der Waals surface area (Å²) in [6.45, 7) is 4.65. The Balaban J connectivity index is 1.60. The lowest BCUT2D eigenvalue weighted by Gasteiger charge is -2.42. The molecule has 130 valence electrons. The second-order valence-electron chi connectivity index (χ2n) is 8.58. The molecule has 0 N–H and O–H groups in total. The van der Waals surface area contributed by atoms with Crippen LogP contribution in [-0.4, -0.2) is 0 Å². The highest BCUT2D eigenvalue weighted by Crippen LogP contribution is 2.46. The summed E-state index contributed by atoms with van der Waals surface area (Å²) in [5.41, 5.74) is 0. The standard InChI is InChI=1S/C22H42/c1-3-5-7-8-10-12-20-14-16-21-17-19(11-9-6-4-2)13-15-22(21)18-20/h19-22H,3-18H2,1-2H3. The summed E-state index contributed by atoms with van der Waals surface area (Å²) < 4.78 is 0. The van der Waals surface area contributed by atoms with E-state index in [0.717, 1.165) is 23.7 Å². The van der Waals surface area contributed by atoms with Crippen LogP contribution in [0.15, 0.2) is 0 Å². The van der Waals surface area contributed by atoms with Crippen LogP contribution in [0.1, 0.15) is 117 Å². The SMILES string of the molecule is CCCCCCCC1CCC2CC(CCCCC)CCC2C1. The number of unbranched alkanes of at least 4 members (excludes halogenated alkanes) is 6. The van der Waals surface area contributed by atoms with E-state index in [-0.39, 0.29) is 0 Å². The van der Waals surface area contributed by atoms with Crippen molar-refractivity contribution < 1.29 is 0 Å².